The van der Waals surface area contributed by atoms with Crippen LogP contribution in [-0.2, 0) is 0 Å². The second-order valence-corrected chi connectivity index (χ2v) is 11.2. The molecular formula is C42H28N4. The van der Waals surface area contributed by atoms with Crippen molar-refractivity contribution in [3.63, 3.8) is 0 Å². The van der Waals surface area contributed by atoms with E-state index in [1.807, 2.05) is 149 Å². The highest BCUT2D eigenvalue weighted by Crippen LogP contribution is 2.48. The number of nitrogens with zero attached hydrogens (tertiary/aromatic N) is 4. The predicted molar refractivity (Wildman–Crippen MR) is 180 cm³/mol. The van der Waals surface area contributed by atoms with Crippen LogP contribution in [0, 0.1) is 73.0 Å². The van der Waals surface area contributed by atoms with Gasteiger partial charge in [0.05, 0.1) is 0 Å². The van der Waals surface area contributed by atoms with Crippen LogP contribution in [0.5, 0.6) is 0 Å². The molecule has 0 heterocycles. The molecule has 1 saturated carbocycles. The molecule has 46 heavy (non-hydrogen) atoms. The molecule has 0 aromatic heterocycles. The topological polar surface area (TPSA) is 95.2 Å². The Labute approximate surface area is 270 Å². The Hall–Kier alpha value is -6.64. The van der Waals surface area contributed by atoms with Crippen molar-refractivity contribution in [2.45, 2.75) is 27.7 Å². The van der Waals surface area contributed by atoms with E-state index in [9.17, 15) is 21.0 Å². The lowest BCUT2D eigenvalue weighted by molar-refractivity contribution is 1.20. The summed E-state index contributed by atoms with van der Waals surface area (Å²) in [5.41, 5.74) is 17.4. The van der Waals surface area contributed by atoms with Crippen LogP contribution in [0.15, 0.2) is 142 Å². The molecule has 4 aromatic carbocycles. The summed E-state index contributed by atoms with van der Waals surface area (Å²) in [6, 6.07) is 40.1. The fraction of sp³-hybridized carbons (Fsp3) is 0.0952. The van der Waals surface area contributed by atoms with Crippen molar-refractivity contribution in [2.24, 2.45) is 0 Å². The summed E-state index contributed by atoms with van der Waals surface area (Å²) in [5, 5.41) is 40.1. The average molecular weight is 589 g/mol. The molecule has 1 aliphatic rings. The number of benzene rings is 4. The first kappa shape index (κ1) is 30.8. The molecule has 0 amide bonds. The summed E-state index contributed by atoms with van der Waals surface area (Å²) in [4.78, 5) is 0. The van der Waals surface area contributed by atoms with Gasteiger partial charge < -0.3 is 0 Å². The third-order valence-electron chi connectivity index (χ3n) is 7.81. The highest BCUT2D eigenvalue weighted by molar-refractivity contribution is 5.91. The first-order valence-electron chi connectivity index (χ1n) is 14.7. The molecule has 4 aromatic rings. The van der Waals surface area contributed by atoms with Crippen LogP contribution in [-0.4, -0.2) is 0 Å². The SMILES string of the molecule is Cc1ccc(C(=C=C2C(=C=C(c3ccc(C)cc3)c3ccc(C)cc3)C(=C(C#N)C#N)C2=C(C#N)C#N)c2ccc(C)cc2)cc1. The summed E-state index contributed by atoms with van der Waals surface area (Å²) in [5.74, 6) is 0. The summed E-state index contributed by atoms with van der Waals surface area (Å²) >= 11 is 0. The second kappa shape index (κ2) is 13.3. The zero-order valence-corrected chi connectivity index (χ0v) is 26.0. The first-order chi connectivity index (χ1) is 22.3. The van der Waals surface area contributed by atoms with Crippen LogP contribution in [0.25, 0.3) is 11.1 Å². The zero-order chi connectivity index (χ0) is 32.8. The van der Waals surface area contributed by atoms with Gasteiger partial charge >= 0.3 is 0 Å². The molecule has 5 rings (SSSR count). The molecule has 0 bridgehead atoms. The van der Waals surface area contributed by atoms with E-state index in [1.54, 1.807) is 0 Å². The minimum Gasteiger partial charge on any atom is -0.192 e. The van der Waals surface area contributed by atoms with E-state index in [1.165, 1.54) is 0 Å². The molecule has 0 radical (unpaired) electrons. The molecule has 0 aliphatic heterocycles. The molecule has 0 N–H and O–H groups in total. The molecule has 0 atom stereocenters. The zero-order valence-electron chi connectivity index (χ0n) is 26.0. The van der Waals surface area contributed by atoms with Gasteiger partial charge in [-0.2, -0.15) is 21.0 Å². The van der Waals surface area contributed by atoms with E-state index < -0.39 is 0 Å². The third-order valence-corrected chi connectivity index (χ3v) is 7.81. The van der Waals surface area contributed by atoms with Crippen molar-refractivity contribution in [2.75, 3.05) is 0 Å². The fourth-order valence-corrected chi connectivity index (χ4v) is 5.21. The molecule has 1 aliphatic carbocycles. The van der Waals surface area contributed by atoms with Gasteiger partial charge in [0.1, 0.15) is 35.4 Å². The maximum atomic E-state index is 10.0. The molecule has 0 unspecified atom stereocenters. The van der Waals surface area contributed by atoms with Crippen LogP contribution in [0.1, 0.15) is 44.5 Å². The van der Waals surface area contributed by atoms with Crippen LogP contribution < -0.4 is 0 Å². The van der Waals surface area contributed by atoms with Gasteiger partial charge in [0, 0.05) is 33.4 Å². The average Bonchev–Trinajstić information content (AvgIpc) is 3.07. The van der Waals surface area contributed by atoms with Crippen LogP contribution in [0.2, 0.25) is 0 Å². The van der Waals surface area contributed by atoms with Crippen LogP contribution in [0.4, 0.5) is 0 Å². The first-order valence-corrected chi connectivity index (χ1v) is 14.7. The largest absolute Gasteiger partial charge is 0.192 e. The molecular weight excluding hydrogens is 560 g/mol. The second-order valence-electron chi connectivity index (χ2n) is 11.2. The van der Waals surface area contributed by atoms with Crippen molar-refractivity contribution < 1.29 is 0 Å². The third kappa shape index (κ3) is 6.19. The van der Waals surface area contributed by atoms with E-state index in [4.69, 9.17) is 0 Å². The normalized spacial score (nSPS) is 11.5. The fourth-order valence-electron chi connectivity index (χ4n) is 5.21. The molecule has 1 fully saturated rings. The Morgan fingerprint density at radius 1 is 0.370 bits per heavy atom. The minimum absolute atomic E-state index is 0.203. The highest BCUT2D eigenvalue weighted by atomic mass is 14.4. The lowest BCUT2D eigenvalue weighted by Gasteiger charge is -2.28. The molecule has 4 nitrogen and oxygen atoms in total. The summed E-state index contributed by atoms with van der Waals surface area (Å²) < 4.78 is 0. The smallest absolute Gasteiger partial charge is 0.138 e. The Bertz CT molecular complexity index is 1940. The summed E-state index contributed by atoms with van der Waals surface area (Å²) in [7, 11) is 0. The predicted octanol–water partition coefficient (Wildman–Crippen LogP) is 9.24. The Kier molecular flexibility index (Phi) is 8.93. The maximum Gasteiger partial charge on any atom is 0.138 e. The molecule has 0 saturated heterocycles. The van der Waals surface area contributed by atoms with Crippen molar-refractivity contribution in [3.8, 4) is 24.3 Å². The van der Waals surface area contributed by atoms with Gasteiger partial charge in [-0.25, -0.2) is 0 Å². The number of allylic oxidation sites excluding steroid dienone is 6. The number of nitriles is 4. The van der Waals surface area contributed by atoms with E-state index in [0.717, 1.165) is 55.7 Å². The summed E-state index contributed by atoms with van der Waals surface area (Å²) in [6.07, 6.45) is 0. The van der Waals surface area contributed by atoms with Gasteiger partial charge in [0.25, 0.3) is 0 Å². The van der Waals surface area contributed by atoms with E-state index >= 15 is 0 Å². The van der Waals surface area contributed by atoms with Gasteiger partial charge in [-0.05, 0) is 49.9 Å². The Morgan fingerprint density at radius 2 is 0.587 bits per heavy atom. The minimum atomic E-state index is -0.203. The van der Waals surface area contributed by atoms with Crippen molar-refractivity contribution in [3.05, 3.63) is 186 Å². The van der Waals surface area contributed by atoms with Crippen molar-refractivity contribution >= 4 is 11.1 Å². The van der Waals surface area contributed by atoms with Gasteiger partial charge in [0.15, 0.2) is 0 Å². The molecule has 216 valence electrons. The van der Waals surface area contributed by atoms with E-state index in [-0.39, 0.29) is 22.3 Å². The number of hydrogen-bond acceptors (Lipinski definition) is 4. The van der Waals surface area contributed by atoms with Crippen LogP contribution in [0.3, 0.4) is 0 Å². The Balaban J connectivity index is 2.02. The van der Waals surface area contributed by atoms with Gasteiger partial charge in [-0.1, -0.05) is 119 Å². The number of rotatable bonds is 4. The number of hydrogen-bond donors (Lipinski definition) is 0. The van der Waals surface area contributed by atoms with Crippen LogP contribution >= 0.6 is 0 Å². The van der Waals surface area contributed by atoms with E-state index in [2.05, 4.69) is 11.5 Å². The number of aryl methyl sites for hydroxylation is 4. The lowest BCUT2D eigenvalue weighted by Crippen LogP contribution is -2.16. The standard InChI is InChI=1S/C42H28N4/c1-27-5-13-31(14-6-27)37(32-15-7-28(2)8-16-32)21-39-40(42(36(25-45)26-46)41(39)35(23-43)24-44)22-38(33-17-9-29(3)10-18-33)34-19-11-30(4)12-20-34/h5-20H,1-4H3. The van der Waals surface area contributed by atoms with Crippen molar-refractivity contribution in [1.82, 2.24) is 0 Å². The quantitative estimate of drug-likeness (QED) is 0.175. The monoisotopic (exact) mass is 588 g/mol. The van der Waals surface area contributed by atoms with Gasteiger partial charge in [-0.3, -0.25) is 0 Å². The van der Waals surface area contributed by atoms with Gasteiger partial charge in [0.2, 0.25) is 0 Å². The maximum absolute atomic E-state index is 10.0. The van der Waals surface area contributed by atoms with Crippen molar-refractivity contribution in [1.29, 1.82) is 21.0 Å². The lowest BCUT2D eigenvalue weighted by atomic mass is 9.70. The molecule has 4 heteroatoms. The Morgan fingerprint density at radius 3 is 0.783 bits per heavy atom. The molecule has 0 spiro atoms. The highest BCUT2D eigenvalue weighted by Gasteiger charge is 2.37. The van der Waals surface area contributed by atoms with Gasteiger partial charge in [-0.15, -0.1) is 11.5 Å². The van der Waals surface area contributed by atoms with E-state index in [0.29, 0.717) is 11.1 Å². The summed E-state index contributed by atoms with van der Waals surface area (Å²) in [6.45, 7) is 8.06.